The van der Waals surface area contributed by atoms with Gasteiger partial charge in [0.25, 0.3) is 5.91 Å². The molecule has 4 heteroatoms. The van der Waals surface area contributed by atoms with Gasteiger partial charge in [-0.15, -0.1) is 0 Å². The van der Waals surface area contributed by atoms with Crippen LogP contribution in [0.25, 0.3) is 0 Å². The molecule has 1 aromatic rings. The van der Waals surface area contributed by atoms with Gasteiger partial charge in [-0.25, -0.2) is 0 Å². The zero-order chi connectivity index (χ0) is 19.4. The third-order valence-electron chi connectivity index (χ3n) is 4.62. The normalized spacial score (nSPS) is 14.3. The molecule has 2 atom stereocenters. The standard InChI is InChI=1S/C21H34N2O2/c1-13(2)15(5)22-20(25)18(14(3)4)23-19(24)16-9-11-17(12-10-16)21(6,7)8/h9-15,18H,1-8H3,(H,22,25)(H,23,24). The minimum Gasteiger partial charge on any atom is -0.352 e. The van der Waals surface area contributed by atoms with Crippen molar-refractivity contribution in [1.29, 1.82) is 0 Å². The average Bonchev–Trinajstić information content (AvgIpc) is 2.50. The third kappa shape index (κ3) is 6.18. The van der Waals surface area contributed by atoms with Gasteiger partial charge in [-0.05, 0) is 41.9 Å². The molecule has 25 heavy (non-hydrogen) atoms. The van der Waals surface area contributed by atoms with Crippen molar-refractivity contribution in [1.82, 2.24) is 10.6 Å². The molecular weight excluding hydrogens is 312 g/mol. The van der Waals surface area contributed by atoms with Crippen LogP contribution in [-0.4, -0.2) is 23.9 Å². The number of benzene rings is 1. The highest BCUT2D eigenvalue weighted by molar-refractivity contribution is 5.97. The van der Waals surface area contributed by atoms with E-state index in [-0.39, 0.29) is 29.2 Å². The minimum atomic E-state index is -0.545. The molecule has 0 spiro atoms. The Kier molecular flexibility index (Phi) is 7.21. The Labute approximate surface area is 152 Å². The summed E-state index contributed by atoms with van der Waals surface area (Å²) in [6.07, 6.45) is 0. The van der Waals surface area contributed by atoms with E-state index in [1.54, 1.807) is 0 Å². The lowest BCUT2D eigenvalue weighted by Gasteiger charge is -2.25. The quantitative estimate of drug-likeness (QED) is 0.821. The van der Waals surface area contributed by atoms with Gasteiger partial charge in [0.1, 0.15) is 6.04 Å². The fourth-order valence-corrected chi connectivity index (χ4v) is 2.36. The monoisotopic (exact) mass is 346 g/mol. The molecule has 0 aliphatic carbocycles. The van der Waals surface area contributed by atoms with Crippen molar-refractivity contribution >= 4 is 11.8 Å². The second-order valence-corrected chi connectivity index (χ2v) is 8.56. The topological polar surface area (TPSA) is 58.2 Å². The van der Waals surface area contributed by atoms with Crippen LogP contribution in [-0.2, 0) is 10.2 Å². The van der Waals surface area contributed by atoms with Crippen LogP contribution in [0.15, 0.2) is 24.3 Å². The highest BCUT2D eigenvalue weighted by atomic mass is 16.2. The smallest absolute Gasteiger partial charge is 0.251 e. The number of rotatable bonds is 6. The lowest BCUT2D eigenvalue weighted by atomic mass is 9.86. The predicted molar refractivity (Wildman–Crippen MR) is 104 cm³/mol. The number of carbonyl (C=O) groups is 2. The van der Waals surface area contributed by atoms with Gasteiger partial charge in [-0.3, -0.25) is 9.59 Å². The summed E-state index contributed by atoms with van der Waals surface area (Å²) in [6.45, 7) is 16.4. The average molecular weight is 347 g/mol. The Morgan fingerprint density at radius 2 is 1.36 bits per heavy atom. The van der Waals surface area contributed by atoms with E-state index in [0.717, 1.165) is 0 Å². The molecule has 2 amide bonds. The number of carbonyl (C=O) groups excluding carboxylic acids is 2. The first-order chi connectivity index (χ1) is 11.4. The molecule has 0 heterocycles. The van der Waals surface area contributed by atoms with Crippen LogP contribution >= 0.6 is 0 Å². The molecule has 140 valence electrons. The van der Waals surface area contributed by atoms with Gasteiger partial charge in [0.05, 0.1) is 0 Å². The van der Waals surface area contributed by atoms with Gasteiger partial charge < -0.3 is 10.6 Å². The molecule has 2 unspecified atom stereocenters. The molecule has 0 saturated heterocycles. The van der Waals surface area contributed by atoms with E-state index in [1.165, 1.54) is 5.56 Å². The molecule has 0 aliphatic heterocycles. The second kappa shape index (κ2) is 8.50. The summed E-state index contributed by atoms with van der Waals surface area (Å²) in [5.41, 5.74) is 1.79. The fourth-order valence-electron chi connectivity index (χ4n) is 2.36. The Balaban J connectivity index is 2.84. The van der Waals surface area contributed by atoms with Crippen molar-refractivity contribution in [2.24, 2.45) is 11.8 Å². The number of nitrogens with one attached hydrogen (secondary N) is 2. The van der Waals surface area contributed by atoms with Gasteiger partial charge >= 0.3 is 0 Å². The SMILES string of the molecule is CC(C)C(C)NC(=O)C(NC(=O)c1ccc(C(C)(C)C)cc1)C(C)C. The van der Waals surface area contributed by atoms with Crippen molar-refractivity contribution in [3.63, 3.8) is 0 Å². The first kappa shape index (κ1) is 21.2. The van der Waals surface area contributed by atoms with E-state index in [9.17, 15) is 9.59 Å². The maximum Gasteiger partial charge on any atom is 0.251 e. The molecule has 2 N–H and O–H groups in total. The van der Waals surface area contributed by atoms with Gasteiger partial charge in [-0.2, -0.15) is 0 Å². The lowest BCUT2D eigenvalue weighted by molar-refractivity contribution is -0.124. The van der Waals surface area contributed by atoms with Crippen molar-refractivity contribution in [3.05, 3.63) is 35.4 Å². The van der Waals surface area contributed by atoms with E-state index >= 15 is 0 Å². The Hall–Kier alpha value is -1.84. The molecule has 0 saturated carbocycles. The summed E-state index contributed by atoms with van der Waals surface area (Å²) in [6, 6.07) is 7.11. The van der Waals surface area contributed by atoms with Gasteiger partial charge in [0.15, 0.2) is 0 Å². The van der Waals surface area contributed by atoms with Gasteiger partial charge in [-0.1, -0.05) is 60.6 Å². The summed E-state index contributed by atoms with van der Waals surface area (Å²) in [5.74, 6) is 0.0111. The van der Waals surface area contributed by atoms with Crippen LogP contribution in [0.4, 0.5) is 0 Å². The maximum atomic E-state index is 12.6. The summed E-state index contributed by atoms with van der Waals surface area (Å²) >= 11 is 0. The number of hydrogen-bond acceptors (Lipinski definition) is 2. The van der Waals surface area contributed by atoms with Gasteiger partial charge in [0.2, 0.25) is 5.91 Å². The Bertz CT molecular complexity index is 583. The van der Waals surface area contributed by atoms with Crippen LogP contribution in [0.1, 0.15) is 71.3 Å². The molecule has 0 radical (unpaired) electrons. The predicted octanol–water partition coefficient (Wildman–Crippen LogP) is 3.90. The summed E-state index contributed by atoms with van der Waals surface area (Å²) in [5, 5.41) is 5.88. The van der Waals surface area contributed by atoms with Crippen molar-refractivity contribution in [3.8, 4) is 0 Å². The highest BCUT2D eigenvalue weighted by Crippen LogP contribution is 2.22. The van der Waals surface area contributed by atoms with Gasteiger partial charge in [0, 0.05) is 11.6 Å². The summed E-state index contributed by atoms with van der Waals surface area (Å²) < 4.78 is 0. The highest BCUT2D eigenvalue weighted by Gasteiger charge is 2.26. The molecule has 0 aliphatic rings. The van der Waals surface area contributed by atoms with Crippen LogP contribution in [0.3, 0.4) is 0 Å². The zero-order valence-corrected chi connectivity index (χ0v) is 16.9. The van der Waals surface area contributed by atoms with Crippen molar-refractivity contribution in [2.45, 2.75) is 72.9 Å². The van der Waals surface area contributed by atoms with Crippen LogP contribution in [0, 0.1) is 11.8 Å². The molecule has 0 fully saturated rings. The minimum absolute atomic E-state index is 0.0113. The van der Waals surface area contributed by atoms with Crippen LogP contribution in [0.5, 0.6) is 0 Å². The van der Waals surface area contributed by atoms with Crippen LogP contribution in [0.2, 0.25) is 0 Å². The third-order valence-corrected chi connectivity index (χ3v) is 4.62. The number of hydrogen-bond donors (Lipinski definition) is 2. The molecule has 4 nitrogen and oxygen atoms in total. The molecular formula is C21H34N2O2. The van der Waals surface area contributed by atoms with E-state index in [4.69, 9.17) is 0 Å². The zero-order valence-electron chi connectivity index (χ0n) is 16.9. The van der Waals surface area contributed by atoms with E-state index in [0.29, 0.717) is 11.5 Å². The fraction of sp³-hybridized carbons (Fsp3) is 0.619. The molecule has 0 bridgehead atoms. The summed E-state index contributed by atoms with van der Waals surface area (Å²) in [7, 11) is 0. The van der Waals surface area contributed by atoms with E-state index in [1.807, 2.05) is 45.0 Å². The summed E-state index contributed by atoms with van der Waals surface area (Å²) in [4.78, 5) is 25.1. The molecule has 1 aromatic carbocycles. The van der Waals surface area contributed by atoms with Crippen molar-refractivity contribution in [2.75, 3.05) is 0 Å². The first-order valence-electron chi connectivity index (χ1n) is 9.15. The Morgan fingerprint density at radius 1 is 0.840 bits per heavy atom. The Morgan fingerprint density at radius 3 is 1.76 bits per heavy atom. The maximum absolute atomic E-state index is 12.6. The first-order valence-corrected chi connectivity index (χ1v) is 9.15. The number of amides is 2. The van der Waals surface area contributed by atoms with Crippen molar-refractivity contribution < 1.29 is 9.59 Å². The second-order valence-electron chi connectivity index (χ2n) is 8.56. The van der Waals surface area contributed by atoms with Crippen LogP contribution < -0.4 is 10.6 Å². The van der Waals surface area contributed by atoms with E-state index in [2.05, 4.69) is 45.3 Å². The lowest BCUT2D eigenvalue weighted by Crippen LogP contribution is -2.52. The molecule has 0 aromatic heterocycles. The largest absolute Gasteiger partial charge is 0.352 e. The molecule has 1 rings (SSSR count). The van der Waals surface area contributed by atoms with E-state index < -0.39 is 6.04 Å².